The number of rotatable bonds is 5. The molecule has 0 unspecified atom stereocenters. The monoisotopic (exact) mass is 297 g/mol. The molecule has 3 rings (SSSR count). The van der Waals surface area contributed by atoms with Crippen molar-refractivity contribution in [2.75, 3.05) is 12.4 Å². The van der Waals surface area contributed by atoms with Gasteiger partial charge in [-0.15, -0.1) is 0 Å². The van der Waals surface area contributed by atoms with E-state index in [1.807, 2.05) is 24.3 Å². The number of hydrogen-bond donors (Lipinski definition) is 3. The molecule has 2 aromatic carbocycles. The molecule has 6 heteroatoms. The third-order valence-corrected chi connectivity index (χ3v) is 3.37. The first-order valence-electron chi connectivity index (χ1n) is 6.76. The predicted molar refractivity (Wildman–Crippen MR) is 83.4 cm³/mol. The molecule has 3 aromatic rings. The normalized spacial score (nSPS) is 10.6. The number of H-pyrrole nitrogens is 1. The molecule has 0 amide bonds. The molecule has 0 fully saturated rings. The second kappa shape index (κ2) is 5.77. The molecule has 112 valence electrons. The maximum atomic E-state index is 11.0. The minimum absolute atomic E-state index is 0.229. The minimum atomic E-state index is -0.958. The topological polar surface area (TPSA) is 87.2 Å². The Morgan fingerprint density at radius 1 is 1.32 bits per heavy atom. The number of carboxylic acids is 1. The van der Waals surface area contributed by atoms with Crippen LogP contribution in [0.15, 0.2) is 42.5 Å². The Hall–Kier alpha value is -3.02. The van der Waals surface area contributed by atoms with Crippen molar-refractivity contribution in [1.29, 1.82) is 0 Å². The van der Waals surface area contributed by atoms with Crippen LogP contribution in [0.4, 0.5) is 5.95 Å². The lowest BCUT2D eigenvalue weighted by atomic mass is 10.2. The molecular weight excluding hydrogens is 282 g/mol. The van der Waals surface area contributed by atoms with E-state index in [1.54, 1.807) is 19.2 Å². The highest BCUT2D eigenvalue weighted by molar-refractivity contribution is 5.92. The van der Waals surface area contributed by atoms with Gasteiger partial charge >= 0.3 is 5.97 Å². The summed E-state index contributed by atoms with van der Waals surface area (Å²) in [6, 6.07) is 12.5. The zero-order valence-electron chi connectivity index (χ0n) is 12.0. The summed E-state index contributed by atoms with van der Waals surface area (Å²) in [5, 5.41) is 12.2. The Balaban J connectivity index is 1.81. The van der Waals surface area contributed by atoms with E-state index in [-0.39, 0.29) is 5.56 Å². The van der Waals surface area contributed by atoms with Crippen molar-refractivity contribution in [3.05, 3.63) is 53.6 Å². The molecule has 1 heterocycles. The highest BCUT2D eigenvalue weighted by Gasteiger charge is 2.08. The fourth-order valence-corrected chi connectivity index (χ4v) is 2.25. The smallest absolute Gasteiger partial charge is 0.335 e. The molecule has 22 heavy (non-hydrogen) atoms. The van der Waals surface area contributed by atoms with Gasteiger partial charge in [0.1, 0.15) is 5.75 Å². The summed E-state index contributed by atoms with van der Waals surface area (Å²) in [5.74, 6) is 0.433. The lowest BCUT2D eigenvalue weighted by Crippen LogP contribution is -2.02. The van der Waals surface area contributed by atoms with Crippen molar-refractivity contribution in [2.24, 2.45) is 0 Å². The number of methoxy groups -OCH3 is 1. The van der Waals surface area contributed by atoms with Crippen LogP contribution in [0.25, 0.3) is 11.0 Å². The number of aromatic nitrogens is 2. The largest absolute Gasteiger partial charge is 0.496 e. The molecule has 0 spiro atoms. The first-order chi connectivity index (χ1) is 10.7. The van der Waals surface area contributed by atoms with Gasteiger partial charge in [-0.1, -0.05) is 18.2 Å². The van der Waals surface area contributed by atoms with Crippen LogP contribution in [0.2, 0.25) is 0 Å². The van der Waals surface area contributed by atoms with Crippen molar-refractivity contribution in [1.82, 2.24) is 9.97 Å². The van der Waals surface area contributed by atoms with Crippen molar-refractivity contribution < 1.29 is 14.6 Å². The van der Waals surface area contributed by atoms with Gasteiger partial charge in [-0.25, -0.2) is 9.78 Å². The number of para-hydroxylation sites is 1. The van der Waals surface area contributed by atoms with Gasteiger partial charge in [-0.3, -0.25) is 0 Å². The van der Waals surface area contributed by atoms with E-state index in [2.05, 4.69) is 15.3 Å². The number of benzene rings is 2. The van der Waals surface area contributed by atoms with Crippen LogP contribution in [0, 0.1) is 0 Å². The molecule has 0 saturated carbocycles. The molecule has 6 nitrogen and oxygen atoms in total. The van der Waals surface area contributed by atoms with Gasteiger partial charge < -0.3 is 20.1 Å². The average Bonchev–Trinajstić information content (AvgIpc) is 2.95. The second-order valence-electron chi connectivity index (χ2n) is 4.79. The molecule has 0 saturated heterocycles. The van der Waals surface area contributed by atoms with Gasteiger partial charge in [-0.05, 0) is 24.3 Å². The Bertz CT molecular complexity index is 826. The third kappa shape index (κ3) is 2.71. The summed E-state index contributed by atoms with van der Waals surface area (Å²) in [5.41, 5.74) is 2.64. The van der Waals surface area contributed by atoms with Crippen LogP contribution in [-0.4, -0.2) is 28.2 Å². The SMILES string of the molecule is COc1ccccc1CNc1nc2ccc(C(=O)O)cc2[nH]1. The maximum absolute atomic E-state index is 11.0. The zero-order chi connectivity index (χ0) is 15.5. The summed E-state index contributed by atoms with van der Waals surface area (Å²) in [6.07, 6.45) is 0. The van der Waals surface area contributed by atoms with E-state index in [1.165, 1.54) is 6.07 Å². The van der Waals surface area contributed by atoms with Crippen LogP contribution in [0.1, 0.15) is 15.9 Å². The summed E-state index contributed by atoms with van der Waals surface area (Å²) in [4.78, 5) is 18.4. The summed E-state index contributed by atoms with van der Waals surface area (Å²) >= 11 is 0. The lowest BCUT2D eigenvalue weighted by Gasteiger charge is -2.08. The van der Waals surface area contributed by atoms with Crippen LogP contribution >= 0.6 is 0 Å². The predicted octanol–water partition coefficient (Wildman–Crippen LogP) is 2.88. The van der Waals surface area contributed by atoms with Crippen LogP contribution in [0.5, 0.6) is 5.75 Å². The maximum Gasteiger partial charge on any atom is 0.335 e. The summed E-state index contributed by atoms with van der Waals surface area (Å²) in [7, 11) is 1.63. The average molecular weight is 297 g/mol. The van der Waals surface area contributed by atoms with E-state index in [4.69, 9.17) is 9.84 Å². The number of ether oxygens (including phenoxy) is 1. The molecule has 3 N–H and O–H groups in total. The lowest BCUT2D eigenvalue weighted by molar-refractivity contribution is 0.0697. The number of carboxylic acid groups (broad SMARTS) is 1. The van der Waals surface area contributed by atoms with Gasteiger partial charge in [0, 0.05) is 12.1 Å². The number of fused-ring (bicyclic) bond motifs is 1. The van der Waals surface area contributed by atoms with Gasteiger partial charge in [0.05, 0.1) is 23.7 Å². The number of nitrogens with one attached hydrogen (secondary N) is 2. The first-order valence-corrected chi connectivity index (χ1v) is 6.76. The van der Waals surface area contributed by atoms with E-state index in [9.17, 15) is 4.79 Å². The Morgan fingerprint density at radius 2 is 2.14 bits per heavy atom. The van der Waals surface area contributed by atoms with E-state index in [0.717, 1.165) is 11.3 Å². The minimum Gasteiger partial charge on any atom is -0.496 e. The van der Waals surface area contributed by atoms with Crippen molar-refractivity contribution >= 4 is 23.0 Å². The van der Waals surface area contributed by atoms with Crippen LogP contribution in [0.3, 0.4) is 0 Å². The Morgan fingerprint density at radius 3 is 2.91 bits per heavy atom. The Kier molecular flexibility index (Phi) is 3.65. The van der Waals surface area contributed by atoms with Gasteiger partial charge in [0.25, 0.3) is 0 Å². The van der Waals surface area contributed by atoms with Gasteiger partial charge in [-0.2, -0.15) is 0 Å². The number of hydrogen-bond acceptors (Lipinski definition) is 4. The zero-order valence-corrected chi connectivity index (χ0v) is 12.0. The quantitative estimate of drug-likeness (QED) is 0.674. The first kappa shape index (κ1) is 13.9. The summed E-state index contributed by atoms with van der Waals surface area (Å²) < 4.78 is 5.30. The van der Waals surface area contributed by atoms with Gasteiger partial charge in [0.15, 0.2) is 0 Å². The molecule has 1 aromatic heterocycles. The van der Waals surface area contributed by atoms with E-state index in [0.29, 0.717) is 23.5 Å². The van der Waals surface area contributed by atoms with Crippen LogP contribution < -0.4 is 10.1 Å². The molecule has 0 atom stereocenters. The van der Waals surface area contributed by atoms with E-state index >= 15 is 0 Å². The molecule has 0 radical (unpaired) electrons. The fourth-order valence-electron chi connectivity index (χ4n) is 2.25. The summed E-state index contributed by atoms with van der Waals surface area (Å²) in [6.45, 7) is 0.551. The second-order valence-corrected chi connectivity index (χ2v) is 4.79. The number of aromatic amines is 1. The number of imidazole rings is 1. The van der Waals surface area contributed by atoms with Gasteiger partial charge in [0.2, 0.25) is 5.95 Å². The molecule has 0 bridgehead atoms. The number of carbonyl (C=O) groups is 1. The highest BCUT2D eigenvalue weighted by Crippen LogP contribution is 2.20. The van der Waals surface area contributed by atoms with Crippen molar-refractivity contribution in [3.8, 4) is 5.75 Å². The fraction of sp³-hybridized carbons (Fsp3) is 0.125. The molecular formula is C16H15N3O3. The number of aromatic carboxylic acids is 1. The number of anilines is 1. The number of nitrogens with zero attached hydrogens (tertiary/aromatic N) is 1. The standard InChI is InChI=1S/C16H15N3O3/c1-22-14-5-3-2-4-11(14)9-17-16-18-12-7-6-10(15(20)21)8-13(12)19-16/h2-8H,9H2,1H3,(H,20,21)(H2,17,18,19). The molecule has 0 aliphatic rings. The third-order valence-electron chi connectivity index (χ3n) is 3.37. The highest BCUT2D eigenvalue weighted by atomic mass is 16.5. The van der Waals surface area contributed by atoms with E-state index < -0.39 is 5.97 Å². The molecule has 0 aliphatic heterocycles. The van der Waals surface area contributed by atoms with Crippen LogP contribution in [-0.2, 0) is 6.54 Å². The Labute approximate surface area is 126 Å². The van der Waals surface area contributed by atoms with Crippen molar-refractivity contribution in [3.63, 3.8) is 0 Å². The van der Waals surface area contributed by atoms with Crippen molar-refractivity contribution in [2.45, 2.75) is 6.54 Å². The molecule has 0 aliphatic carbocycles.